The lowest BCUT2D eigenvalue weighted by Crippen LogP contribution is -2.40. The van der Waals surface area contributed by atoms with E-state index in [1.165, 1.54) is 0 Å². The summed E-state index contributed by atoms with van der Waals surface area (Å²) in [6.07, 6.45) is 4.67. The molecular formula is C15H21NO3. The Morgan fingerprint density at radius 2 is 2.05 bits per heavy atom. The van der Waals surface area contributed by atoms with E-state index in [1.54, 1.807) is 32.4 Å². The van der Waals surface area contributed by atoms with Crippen molar-refractivity contribution in [3.63, 3.8) is 0 Å². The van der Waals surface area contributed by atoms with Crippen LogP contribution in [0.25, 0.3) is 0 Å². The van der Waals surface area contributed by atoms with Gasteiger partial charge in [-0.1, -0.05) is 5.92 Å². The van der Waals surface area contributed by atoms with E-state index in [9.17, 15) is 5.11 Å². The van der Waals surface area contributed by atoms with Crippen LogP contribution in [0.5, 0.6) is 11.5 Å². The summed E-state index contributed by atoms with van der Waals surface area (Å²) >= 11 is 0. The van der Waals surface area contributed by atoms with Gasteiger partial charge in [-0.2, -0.15) is 0 Å². The predicted octanol–water partition coefficient (Wildman–Crippen LogP) is 1.74. The number of aliphatic hydroxyl groups is 1. The summed E-state index contributed by atoms with van der Waals surface area (Å²) < 4.78 is 10.4. The first kappa shape index (κ1) is 15.4. The molecule has 0 spiro atoms. The Hall–Kier alpha value is -1.70. The minimum absolute atomic E-state index is 0.334. The third-order valence-electron chi connectivity index (χ3n) is 2.89. The quantitative estimate of drug-likeness (QED) is 0.768. The van der Waals surface area contributed by atoms with Gasteiger partial charge in [0.2, 0.25) is 0 Å². The smallest absolute Gasteiger partial charge is 0.124 e. The van der Waals surface area contributed by atoms with Gasteiger partial charge in [0.1, 0.15) is 11.5 Å². The molecule has 2 N–H and O–H groups in total. The van der Waals surface area contributed by atoms with Crippen molar-refractivity contribution in [3.05, 3.63) is 23.8 Å². The highest BCUT2D eigenvalue weighted by atomic mass is 16.5. The lowest BCUT2D eigenvalue weighted by molar-refractivity contribution is 0.163. The van der Waals surface area contributed by atoms with Gasteiger partial charge < -0.3 is 14.6 Å². The summed E-state index contributed by atoms with van der Waals surface area (Å²) in [5.74, 6) is 3.91. The minimum atomic E-state index is -0.724. The fourth-order valence-electron chi connectivity index (χ4n) is 1.61. The van der Waals surface area contributed by atoms with Crippen LogP contribution in [0.4, 0.5) is 0 Å². The number of hydrogen-bond acceptors (Lipinski definition) is 4. The highest BCUT2D eigenvalue weighted by molar-refractivity contribution is 5.41. The van der Waals surface area contributed by atoms with Crippen LogP contribution in [0.1, 0.15) is 25.5 Å². The Morgan fingerprint density at radius 3 is 2.58 bits per heavy atom. The van der Waals surface area contributed by atoms with Crippen molar-refractivity contribution in [2.24, 2.45) is 0 Å². The zero-order valence-corrected chi connectivity index (χ0v) is 11.9. The van der Waals surface area contributed by atoms with Gasteiger partial charge in [-0.3, -0.25) is 5.32 Å². The van der Waals surface area contributed by atoms with E-state index in [4.69, 9.17) is 15.9 Å². The van der Waals surface area contributed by atoms with E-state index in [-0.39, 0.29) is 0 Å². The van der Waals surface area contributed by atoms with E-state index in [2.05, 4.69) is 11.2 Å². The second kappa shape index (κ2) is 6.46. The van der Waals surface area contributed by atoms with E-state index < -0.39 is 11.6 Å². The summed E-state index contributed by atoms with van der Waals surface area (Å²) in [5, 5.41) is 13.4. The molecule has 0 radical (unpaired) electrons. The van der Waals surface area contributed by atoms with Crippen LogP contribution >= 0.6 is 0 Å². The molecule has 0 bridgehead atoms. The molecule has 1 aromatic carbocycles. The van der Waals surface area contributed by atoms with Crippen LogP contribution in [0.2, 0.25) is 0 Å². The third kappa shape index (κ3) is 4.16. The van der Waals surface area contributed by atoms with E-state index in [0.29, 0.717) is 23.6 Å². The Balaban J connectivity index is 2.86. The Kier molecular flexibility index (Phi) is 5.22. The van der Waals surface area contributed by atoms with Crippen molar-refractivity contribution in [2.45, 2.75) is 25.5 Å². The van der Waals surface area contributed by atoms with Crippen LogP contribution in [0, 0.1) is 12.3 Å². The monoisotopic (exact) mass is 263 g/mol. The van der Waals surface area contributed by atoms with Gasteiger partial charge in [-0.15, -0.1) is 6.42 Å². The maximum Gasteiger partial charge on any atom is 0.124 e. The molecule has 0 saturated heterocycles. The fraction of sp³-hybridized carbons (Fsp3) is 0.467. The molecular weight excluding hydrogens is 242 g/mol. The van der Waals surface area contributed by atoms with Crippen LogP contribution < -0.4 is 14.8 Å². The Bertz CT molecular complexity index is 463. The van der Waals surface area contributed by atoms with Crippen molar-refractivity contribution < 1.29 is 14.6 Å². The second-order valence-electron chi connectivity index (χ2n) is 4.77. The molecule has 1 unspecified atom stereocenters. The van der Waals surface area contributed by atoms with Gasteiger partial charge in [0.15, 0.2) is 0 Å². The van der Waals surface area contributed by atoms with Crippen LogP contribution in [0.3, 0.4) is 0 Å². The standard InChI is InChI=1S/C15H21NO3/c1-6-15(2,3)16-10-13(17)12-9-11(18-4)7-8-14(12)19-5/h1,7-9,13,16-17H,10H2,2-5H3. The van der Waals surface area contributed by atoms with E-state index in [0.717, 1.165) is 0 Å². The first-order valence-corrected chi connectivity index (χ1v) is 6.06. The lowest BCUT2D eigenvalue weighted by Gasteiger charge is -2.23. The molecule has 0 aromatic heterocycles. The zero-order chi connectivity index (χ0) is 14.5. The molecule has 0 heterocycles. The molecule has 19 heavy (non-hydrogen) atoms. The highest BCUT2D eigenvalue weighted by Crippen LogP contribution is 2.29. The summed E-state index contributed by atoms with van der Waals surface area (Å²) in [5.41, 5.74) is 0.203. The molecule has 4 heteroatoms. The molecule has 1 rings (SSSR count). The lowest BCUT2D eigenvalue weighted by atomic mass is 10.0. The number of terminal acetylenes is 1. The number of methoxy groups -OCH3 is 2. The molecule has 4 nitrogen and oxygen atoms in total. The average Bonchev–Trinajstić information content (AvgIpc) is 2.44. The van der Waals surface area contributed by atoms with Gasteiger partial charge >= 0.3 is 0 Å². The van der Waals surface area contributed by atoms with Crippen LogP contribution in [-0.2, 0) is 0 Å². The maximum absolute atomic E-state index is 10.2. The highest BCUT2D eigenvalue weighted by Gasteiger charge is 2.19. The molecule has 0 aliphatic rings. The molecule has 1 atom stereocenters. The number of ether oxygens (including phenoxy) is 2. The van der Waals surface area contributed by atoms with Crippen molar-refractivity contribution in [1.29, 1.82) is 0 Å². The van der Waals surface area contributed by atoms with Crippen molar-refractivity contribution >= 4 is 0 Å². The number of aliphatic hydroxyl groups excluding tert-OH is 1. The summed E-state index contributed by atoms with van der Waals surface area (Å²) in [6, 6.07) is 5.31. The SMILES string of the molecule is C#CC(C)(C)NCC(O)c1cc(OC)ccc1OC. The predicted molar refractivity (Wildman–Crippen MR) is 75.4 cm³/mol. The van der Waals surface area contributed by atoms with E-state index in [1.807, 2.05) is 13.8 Å². The largest absolute Gasteiger partial charge is 0.497 e. The van der Waals surface area contributed by atoms with Crippen molar-refractivity contribution in [2.75, 3.05) is 20.8 Å². The van der Waals surface area contributed by atoms with E-state index >= 15 is 0 Å². The maximum atomic E-state index is 10.2. The summed E-state index contributed by atoms with van der Waals surface area (Å²) in [4.78, 5) is 0. The van der Waals surface area contributed by atoms with Crippen molar-refractivity contribution in [3.8, 4) is 23.8 Å². The Morgan fingerprint density at radius 1 is 1.37 bits per heavy atom. The third-order valence-corrected chi connectivity index (χ3v) is 2.89. The molecule has 0 saturated carbocycles. The summed E-state index contributed by atoms with van der Waals surface area (Å²) in [7, 11) is 3.15. The Labute approximate surface area is 114 Å². The number of rotatable bonds is 6. The molecule has 0 amide bonds. The molecule has 0 aliphatic carbocycles. The van der Waals surface area contributed by atoms with Gasteiger partial charge in [0.25, 0.3) is 0 Å². The number of hydrogen-bond donors (Lipinski definition) is 2. The van der Waals surface area contributed by atoms with Crippen molar-refractivity contribution in [1.82, 2.24) is 5.32 Å². The first-order valence-electron chi connectivity index (χ1n) is 6.06. The fourth-order valence-corrected chi connectivity index (χ4v) is 1.61. The van der Waals surface area contributed by atoms with Gasteiger partial charge in [0.05, 0.1) is 25.9 Å². The first-order chi connectivity index (χ1) is 8.93. The van der Waals surface area contributed by atoms with Gasteiger partial charge in [-0.25, -0.2) is 0 Å². The number of nitrogens with one attached hydrogen (secondary N) is 1. The zero-order valence-electron chi connectivity index (χ0n) is 11.9. The average molecular weight is 263 g/mol. The molecule has 0 fully saturated rings. The molecule has 0 aliphatic heterocycles. The topological polar surface area (TPSA) is 50.7 Å². The van der Waals surface area contributed by atoms with Gasteiger partial charge in [-0.05, 0) is 32.0 Å². The number of β-amino-alcohol motifs (C(OH)–C–C–N with tert-alkyl or cyclic N) is 1. The minimum Gasteiger partial charge on any atom is -0.497 e. The second-order valence-corrected chi connectivity index (χ2v) is 4.77. The normalized spacial score (nSPS) is 12.6. The van der Waals surface area contributed by atoms with Crippen LogP contribution in [0.15, 0.2) is 18.2 Å². The number of benzene rings is 1. The van der Waals surface area contributed by atoms with Crippen LogP contribution in [-0.4, -0.2) is 31.4 Å². The van der Waals surface area contributed by atoms with Gasteiger partial charge in [0, 0.05) is 12.1 Å². The molecule has 1 aromatic rings. The summed E-state index contributed by atoms with van der Waals surface area (Å²) in [6.45, 7) is 4.09. The molecule has 104 valence electrons.